The van der Waals surface area contributed by atoms with Crippen LogP contribution in [-0.4, -0.2) is 0 Å². The van der Waals surface area contributed by atoms with E-state index in [0.717, 1.165) is 33.4 Å². The van der Waals surface area contributed by atoms with Crippen molar-refractivity contribution in [2.24, 2.45) is 0 Å². The molecule has 6 rings (SSSR count). The summed E-state index contributed by atoms with van der Waals surface area (Å²) in [4.78, 5) is 0. The third-order valence-corrected chi connectivity index (χ3v) is 10.4. The second-order valence-corrected chi connectivity index (χ2v) is 13.5. The van der Waals surface area contributed by atoms with Crippen molar-refractivity contribution in [1.82, 2.24) is 0 Å². The molecule has 6 aromatic rings. The highest BCUT2D eigenvalue weighted by Crippen LogP contribution is 2.48. The predicted octanol–water partition coefficient (Wildman–Crippen LogP) is 12.9. The van der Waals surface area contributed by atoms with Crippen molar-refractivity contribution in [3.05, 3.63) is 202 Å². The van der Waals surface area contributed by atoms with E-state index in [-0.39, 0.29) is 23.7 Å². The zero-order valence-electron chi connectivity index (χ0n) is 28.4. The summed E-state index contributed by atoms with van der Waals surface area (Å²) in [6.45, 7) is 8.67. The lowest BCUT2D eigenvalue weighted by atomic mass is 9.87. The Hall–Kier alpha value is -4.76. The van der Waals surface area contributed by atoms with Gasteiger partial charge in [0.15, 0.2) is 0 Å². The van der Waals surface area contributed by atoms with Crippen LogP contribution < -0.4 is 9.05 Å². The third kappa shape index (κ3) is 8.11. The first kappa shape index (κ1) is 34.1. The lowest BCUT2D eigenvalue weighted by molar-refractivity contribution is -0.0158. The topological polar surface area (TPSA) is 27.7 Å². The van der Waals surface area contributed by atoms with Crippen LogP contribution in [0.25, 0.3) is 0 Å². The monoisotopic (exact) mass is 668 g/mol. The Kier molecular flexibility index (Phi) is 11.2. The van der Waals surface area contributed by atoms with Crippen molar-refractivity contribution in [2.45, 2.75) is 51.4 Å². The summed E-state index contributed by atoms with van der Waals surface area (Å²) in [5.41, 5.74) is 8.86. The van der Waals surface area contributed by atoms with Gasteiger partial charge in [0.2, 0.25) is 0 Å². The number of rotatable bonds is 13. The van der Waals surface area contributed by atoms with Gasteiger partial charge in [-0.25, -0.2) is 0 Å². The van der Waals surface area contributed by atoms with Crippen molar-refractivity contribution in [3.8, 4) is 11.5 Å². The third-order valence-electron chi connectivity index (χ3n) is 9.60. The Bertz CT molecular complexity index is 1780. The lowest BCUT2D eigenvalue weighted by Gasteiger charge is -2.24. The normalized spacial score (nSPS) is 14.3. The summed E-state index contributed by atoms with van der Waals surface area (Å²) in [5, 5.41) is 0. The van der Waals surface area contributed by atoms with Crippen LogP contribution in [0.4, 0.5) is 4.53 Å². The maximum Gasteiger partial charge on any atom is 0.497 e. The van der Waals surface area contributed by atoms with Gasteiger partial charge in [0, 0.05) is 34.8 Å². The molecular formula is C44H42FO3P. The molecular weight excluding hydrogens is 626 g/mol. The lowest BCUT2D eigenvalue weighted by Crippen LogP contribution is -2.07. The van der Waals surface area contributed by atoms with Crippen LogP contribution in [0.3, 0.4) is 0 Å². The summed E-state index contributed by atoms with van der Waals surface area (Å²) in [7, 11) is -2.44. The molecule has 0 amide bonds. The minimum Gasteiger partial charge on any atom is -0.416 e. The van der Waals surface area contributed by atoms with Crippen LogP contribution in [0.5, 0.6) is 11.5 Å². The number of benzene rings is 6. The second-order valence-electron chi connectivity index (χ2n) is 12.6. The summed E-state index contributed by atoms with van der Waals surface area (Å²) in [6.07, 6.45) is 0. The summed E-state index contributed by atoms with van der Waals surface area (Å²) in [6, 6.07) is 53.6. The van der Waals surface area contributed by atoms with Gasteiger partial charge in [-0.05, 0) is 50.0 Å². The average Bonchev–Trinajstić information content (AvgIpc) is 3.18. The van der Waals surface area contributed by atoms with Gasteiger partial charge in [-0.3, -0.25) is 0 Å². The number of halogens is 1. The molecule has 0 aliphatic rings. The van der Waals surface area contributed by atoms with Crippen LogP contribution in [0.15, 0.2) is 158 Å². The molecule has 0 spiro atoms. The molecule has 49 heavy (non-hydrogen) atoms. The molecule has 0 heterocycles. The largest absolute Gasteiger partial charge is 0.497 e. The first-order chi connectivity index (χ1) is 23.9. The molecule has 0 N–H and O–H groups in total. The molecule has 0 fully saturated rings. The summed E-state index contributed by atoms with van der Waals surface area (Å²) >= 11 is 0. The minimum absolute atomic E-state index is 0.0250. The SMILES string of the molecule is CC(c1ccccc1)c1ccc(OP(OF)Oc2ccc(C(C)c3ccccc3)cc2C(C)c2ccccc2)c(C(C)c2ccccc2)c1. The number of hydrogen-bond donors (Lipinski definition) is 0. The molecule has 6 aromatic carbocycles. The molecule has 4 atom stereocenters. The fourth-order valence-electron chi connectivity index (χ4n) is 6.43. The van der Waals surface area contributed by atoms with Gasteiger partial charge < -0.3 is 9.05 Å². The zero-order valence-corrected chi connectivity index (χ0v) is 29.3. The molecule has 0 saturated heterocycles. The van der Waals surface area contributed by atoms with Crippen LogP contribution >= 0.6 is 8.60 Å². The van der Waals surface area contributed by atoms with Gasteiger partial charge in [-0.1, -0.05) is 178 Å². The Morgan fingerprint density at radius 1 is 0.388 bits per heavy atom. The quantitative estimate of drug-likeness (QED) is 0.115. The number of hydrogen-bond acceptors (Lipinski definition) is 3. The molecule has 0 aliphatic carbocycles. The van der Waals surface area contributed by atoms with Crippen molar-refractivity contribution in [2.75, 3.05) is 0 Å². The van der Waals surface area contributed by atoms with E-state index in [1.54, 1.807) is 0 Å². The van der Waals surface area contributed by atoms with Crippen LogP contribution in [-0.2, 0) is 4.73 Å². The molecule has 248 valence electrons. The second kappa shape index (κ2) is 16.1. The van der Waals surface area contributed by atoms with Gasteiger partial charge in [0.1, 0.15) is 11.5 Å². The molecule has 4 unspecified atom stereocenters. The van der Waals surface area contributed by atoms with Gasteiger partial charge in [0.25, 0.3) is 0 Å². The van der Waals surface area contributed by atoms with Gasteiger partial charge in [-0.15, -0.1) is 0 Å². The van der Waals surface area contributed by atoms with Crippen LogP contribution in [0.1, 0.15) is 95.9 Å². The highest BCUT2D eigenvalue weighted by molar-refractivity contribution is 7.42. The van der Waals surface area contributed by atoms with Crippen molar-refractivity contribution in [1.29, 1.82) is 0 Å². The standard InChI is InChI=1S/C44H42FO3P/c1-31(35-17-9-5-10-18-35)39-25-27-43(41(29-39)33(3)37-21-13-7-14-22-37)46-49(48-45)47-44-28-26-40(32(2)36-19-11-6-12-20-36)30-42(44)34(4)38-23-15-8-16-24-38/h5-34H,1-4H3. The van der Waals surface area contributed by atoms with Crippen molar-refractivity contribution in [3.63, 3.8) is 0 Å². The minimum atomic E-state index is -2.44. The summed E-state index contributed by atoms with van der Waals surface area (Å²) < 4.78 is 31.6. The van der Waals surface area contributed by atoms with Gasteiger partial charge in [0.05, 0.1) is 0 Å². The Labute approximate surface area is 291 Å². The Morgan fingerprint density at radius 3 is 1.00 bits per heavy atom. The van der Waals surface area contributed by atoms with Gasteiger partial charge >= 0.3 is 8.60 Å². The van der Waals surface area contributed by atoms with E-state index in [1.807, 2.05) is 72.8 Å². The smallest absolute Gasteiger partial charge is 0.416 e. The molecule has 0 bridgehead atoms. The molecule has 3 nitrogen and oxygen atoms in total. The molecule has 0 aromatic heterocycles. The molecule has 5 heteroatoms. The van der Waals surface area contributed by atoms with E-state index < -0.39 is 8.60 Å². The Balaban J connectivity index is 1.34. The van der Waals surface area contributed by atoms with E-state index in [1.165, 1.54) is 11.1 Å². The van der Waals surface area contributed by atoms with Crippen molar-refractivity contribution >= 4 is 8.60 Å². The highest BCUT2D eigenvalue weighted by atomic mass is 31.2. The van der Waals surface area contributed by atoms with E-state index in [9.17, 15) is 4.53 Å². The van der Waals surface area contributed by atoms with Crippen molar-refractivity contribution < 1.29 is 18.3 Å². The maximum absolute atomic E-state index is 14.5. The van der Waals surface area contributed by atoms with Crippen LogP contribution in [0, 0.1) is 0 Å². The predicted molar refractivity (Wildman–Crippen MR) is 199 cm³/mol. The maximum atomic E-state index is 14.5. The van der Waals surface area contributed by atoms with E-state index in [0.29, 0.717) is 11.5 Å². The first-order valence-electron chi connectivity index (χ1n) is 16.8. The fraction of sp³-hybridized carbons (Fsp3) is 0.182. The van der Waals surface area contributed by atoms with E-state index in [2.05, 4.69) is 117 Å². The molecule has 0 aliphatic heterocycles. The van der Waals surface area contributed by atoms with Crippen LogP contribution in [0.2, 0.25) is 0 Å². The van der Waals surface area contributed by atoms with E-state index >= 15 is 0 Å². The summed E-state index contributed by atoms with van der Waals surface area (Å²) in [5.74, 6) is 1.31. The fourth-order valence-corrected chi connectivity index (χ4v) is 7.18. The average molecular weight is 669 g/mol. The van der Waals surface area contributed by atoms with E-state index in [4.69, 9.17) is 9.05 Å². The molecule has 0 radical (unpaired) electrons. The first-order valence-corrected chi connectivity index (χ1v) is 17.9. The molecule has 0 saturated carbocycles. The Morgan fingerprint density at radius 2 is 0.694 bits per heavy atom. The zero-order chi connectivity index (χ0) is 34.2. The highest BCUT2D eigenvalue weighted by Gasteiger charge is 2.26. The van der Waals surface area contributed by atoms with Gasteiger partial charge in [-0.2, -0.15) is 0 Å².